The van der Waals surface area contributed by atoms with Gasteiger partial charge in [0.1, 0.15) is 5.82 Å². The van der Waals surface area contributed by atoms with Crippen LogP contribution in [0.2, 0.25) is 0 Å². The molecule has 3 amide bonds. The van der Waals surface area contributed by atoms with Crippen molar-refractivity contribution in [3.05, 3.63) is 23.9 Å². The smallest absolute Gasteiger partial charge is 0.236 e. The predicted molar refractivity (Wildman–Crippen MR) is 126 cm³/mol. The van der Waals surface area contributed by atoms with Crippen LogP contribution < -0.4 is 15.5 Å². The molecule has 2 N–H and O–H groups in total. The Kier molecular flexibility index (Phi) is 7.60. The maximum absolute atomic E-state index is 12.1. The Morgan fingerprint density at radius 3 is 2.45 bits per heavy atom. The number of hydrogen-bond acceptors (Lipinski definition) is 7. The molecule has 0 aromatic carbocycles. The summed E-state index contributed by atoms with van der Waals surface area (Å²) in [6.45, 7) is 9.00. The number of hydrogen-bond donors (Lipinski definition) is 2. The molecule has 180 valence electrons. The zero-order valence-electron chi connectivity index (χ0n) is 19.8. The van der Waals surface area contributed by atoms with Crippen molar-refractivity contribution in [2.75, 3.05) is 57.8 Å². The van der Waals surface area contributed by atoms with Crippen molar-refractivity contribution in [3.63, 3.8) is 0 Å². The van der Waals surface area contributed by atoms with Gasteiger partial charge in [0.05, 0.1) is 12.0 Å². The van der Waals surface area contributed by atoms with Crippen molar-refractivity contribution >= 4 is 23.5 Å². The van der Waals surface area contributed by atoms with E-state index in [1.807, 2.05) is 19.1 Å². The number of nitrogens with one attached hydrogen (secondary N) is 2. The third kappa shape index (κ3) is 5.70. The molecule has 0 bridgehead atoms. The number of piperazine rings is 1. The normalized spacial score (nSPS) is 24.4. The standard InChI is InChI=1S/C24H36N6O3/c1-17(23(32)25-2)29-13-11-28(12-14-29)16-18-7-9-30(10-8-18)21-5-3-19(15-26-21)20-4-6-22(31)27-24(20)33/h3,5,15,17-18,20H,4,6-14,16H2,1-2H3,(H,25,32)(H,27,31,33). The van der Waals surface area contributed by atoms with E-state index in [2.05, 4.69) is 30.3 Å². The number of piperidine rings is 2. The van der Waals surface area contributed by atoms with Gasteiger partial charge in [-0.05, 0) is 43.7 Å². The summed E-state index contributed by atoms with van der Waals surface area (Å²) in [4.78, 5) is 47.1. The average molecular weight is 457 g/mol. The fourth-order valence-corrected chi connectivity index (χ4v) is 5.22. The van der Waals surface area contributed by atoms with Gasteiger partial charge in [-0.3, -0.25) is 24.6 Å². The van der Waals surface area contributed by atoms with Gasteiger partial charge in [0.15, 0.2) is 0 Å². The Bertz CT molecular complexity index is 844. The second-order valence-corrected chi connectivity index (χ2v) is 9.51. The monoisotopic (exact) mass is 456 g/mol. The number of aromatic nitrogens is 1. The van der Waals surface area contributed by atoms with E-state index in [9.17, 15) is 14.4 Å². The minimum absolute atomic E-state index is 0.0609. The molecule has 0 saturated carbocycles. The lowest BCUT2D eigenvalue weighted by atomic mass is 9.91. The number of likely N-dealkylation sites (N-methyl/N-ethyl adjacent to an activating group) is 1. The van der Waals surface area contributed by atoms with E-state index >= 15 is 0 Å². The van der Waals surface area contributed by atoms with Gasteiger partial charge in [-0.15, -0.1) is 0 Å². The van der Waals surface area contributed by atoms with Crippen LogP contribution in [0, 0.1) is 5.92 Å². The first-order valence-corrected chi connectivity index (χ1v) is 12.2. The number of amides is 3. The van der Waals surface area contributed by atoms with E-state index in [-0.39, 0.29) is 29.7 Å². The second kappa shape index (κ2) is 10.6. The summed E-state index contributed by atoms with van der Waals surface area (Å²) in [5.74, 6) is 1.05. The summed E-state index contributed by atoms with van der Waals surface area (Å²) in [5.41, 5.74) is 0.878. The number of carbonyl (C=O) groups excluding carboxylic acids is 3. The molecule has 33 heavy (non-hydrogen) atoms. The van der Waals surface area contributed by atoms with E-state index in [0.717, 1.165) is 70.0 Å². The summed E-state index contributed by atoms with van der Waals surface area (Å²) in [7, 11) is 1.70. The van der Waals surface area contributed by atoms with Crippen LogP contribution in [0.3, 0.4) is 0 Å². The van der Waals surface area contributed by atoms with Crippen LogP contribution >= 0.6 is 0 Å². The topological polar surface area (TPSA) is 97.9 Å². The lowest BCUT2D eigenvalue weighted by molar-refractivity contribution is -0.134. The van der Waals surface area contributed by atoms with Crippen LogP contribution in [0.15, 0.2) is 18.3 Å². The van der Waals surface area contributed by atoms with Gasteiger partial charge in [0, 0.05) is 65.5 Å². The van der Waals surface area contributed by atoms with Gasteiger partial charge in [-0.1, -0.05) is 6.07 Å². The lowest BCUT2D eigenvalue weighted by Crippen LogP contribution is -2.54. The fraction of sp³-hybridized carbons (Fsp3) is 0.667. The molecule has 0 spiro atoms. The van der Waals surface area contributed by atoms with Gasteiger partial charge in [0.2, 0.25) is 17.7 Å². The summed E-state index contributed by atoms with van der Waals surface area (Å²) in [5, 5.41) is 5.16. The van der Waals surface area contributed by atoms with Crippen LogP contribution in [-0.4, -0.2) is 91.4 Å². The molecule has 0 aliphatic carbocycles. The van der Waals surface area contributed by atoms with Crippen LogP contribution in [0.5, 0.6) is 0 Å². The van der Waals surface area contributed by atoms with Crippen molar-refractivity contribution in [1.29, 1.82) is 0 Å². The first-order valence-electron chi connectivity index (χ1n) is 12.2. The summed E-state index contributed by atoms with van der Waals surface area (Å²) >= 11 is 0. The molecule has 2 unspecified atom stereocenters. The highest BCUT2D eigenvalue weighted by molar-refractivity contribution is 6.00. The molecule has 9 heteroatoms. The molecular weight excluding hydrogens is 420 g/mol. The van der Waals surface area contributed by atoms with Gasteiger partial charge >= 0.3 is 0 Å². The second-order valence-electron chi connectivity index (χ2n) is 9.51. The van der Waals surface area contributed by atoms with E-state index in [4.69, 9.17) is 0 Å². The maximum Gasteiger partial charge on any atom is 0.236 e. The van der Waals surface area contributed by atoms with Gasteiger partial charge in [0.25, 0.3) is 0 Å². The predicted octanol–water partition coefficient (Wildman–Crippen LogP) is 0.570. The quantitative estimate of drug-likeness (QED) is 0.604. The first kappa shape index (κ1) is 23.6. The van der Waals surface area contributed by atoms with Crippen LogP contribution in [0.4, 0.5) is 5.82 Å². The minimum Gasteiger partial charge on any atom is -0.358 e. The number of pyridine rings is 1. The Morgan fingerprint density at radius 2 is 1.85 bits per heavy atom. The summed E-state index contributed by atoms with van der Waals surface area (Å²) in [6, 6.07) is 3.93. The number of nitrogens with zero attached hydrogens (tertiary/aromatic N) is 4. The highest BCUT2D eigenvalue weighted by atomic mass is 16.2. The van der Waals surface area contributed by atoms with Crippen molar-refractivity contribution in [2.45, 2.75) is 44.6 Å². The molecule has 3 aliphatic heterocycles. The van der Waals surface area contributed by atoms with Gasteiger partial charge in [-0.25, -0.2) is 4.98 Å². The Balaban J connectivity index is 1.21. The van der Waals surface area contributed by atoms with Gasteiger partial charge in [-0.2, -0.15) is 0 Å². The SMILES string of the molecule is CNC(=O)C(C)N1CCN(CC2CCN(c3ccc(C4CCC(=O)NC4=O)cn3)CC2)CC1. The zero-order chi connectivity index (χ0) is 23.4. The molecule has 1 aromatic rings. The molecule has 3 saturated heterocycles. The molecule has 3 fully saturated rings. The van der Waals surface area contributed by atoms with Crippen molar-refractivity contribution in [2.24, 2.45) is 5.92 Å². The molecular formula is C24H36N6O3. The zero-order valence-corrected chi connectivity index (χ0v) is 19.8. The number of imide groups is 1. The highest BCUT2D eigenvalue weighted by Gasteiger charge is 2.29. The lowest BCUT2D eigenvalue weighted by Gasteiger charge is -2.40. The van der Waals surface area contributed by atoms with E-state index < -0.39 is 0 Å². The molecule has 1 aromatic heterocycles. The Labute approximate surface area is 195 Å². The number of anilines is 1. The fourth-order valence-electron chi connectivity index (χ4n) is 5.22. The summed E-state index contributed by atoms with van der Waals surface area (Å²) < 4.78 is 0. The molecule has 4 heterocycles. The minimum atomic E-state index is -0.283. The van der Waals surface area contributed by atoms with Crippen LogP contribution in [0.25, 0.3) is 0 Å². The molecule has 3 aliphatic rings. The summed E-state index contributed by atoms with van der Waals surface area (Å²) in [6.07, 6.45) is 5.02. The molecule has 9 nitrogen and oxygen atoms in total. The van der Waals surface area contributed by atoms with Crippen LogP contribution in [-0.2, 0) is 14.4 Å². The van der Waals surface area contributed by atoms with Crippen LogP contribution in [0.1, 0.15) is 44.1 Å². The van der Waals surface area contributed by atoms with E-state index in [0.29, 0.717) is 18.8 Å². The molecule has 0 radical (unpaired) electrons. The van der Waals surface area contributed by atoms with E-state index in [1.165, 1.54) is 0 Å². The maximum atomic E-state index is 12.1. The van der Waals surface area contributed by atoms with E-state index in [1.54, 1.807) is 13.2 Å². The number of rotatable bonds is 6. The van der Waals surface area contributed by atoms with Crippen molar-refractivity contribution in [3.8, 4) is 0 Å². The first-order chi connectivity index (χ1) is 15.9. The number of carbonyl (C=O) groups is 3. The van der Waals surface area contributed by atoms with Crippen molar-refractivity contribution < 1.29 is 14.4 Å². The average Bonchev–Trinajstić information content (AvgIpc) is 2.84. The Hall–Kier alpha value is -2.52. The third-order valence-electron chi connectivity index (χ3n) is 7.45. The largest absolute Gasteiger partial charge is 0.358 e. The Morgan fingerprint density at radius 1 is 1.12 bits per heavy atom. The van der Waals surface area contributed by atoms with Gasteiger partial charge < -0.3 is 15.1 Å². The third-order valence-corrected chi connectivity index (χ3v) is 7.45. The highest BCUT2D eigenvalue weighted by Crippen LogP contribution is 2.27. The van der Waals surface area contributed by atoms with Crippen molar-refractivity contribution in [1.82, 2.24) is 25.4 Å². The molecule has 4 rings (SSSR count). The molecule has 2 atom stereocenters.